The summed E-state index contributed by atoms with van der Waals surface area (Å²) < 4.78 is 3.18. The molecule has 2 aliphatic heterocycles. The third-order valence-corrected chi connectivity index (χ3v) is 8.84. The second-order valence-electron chi connectivity index (χ2n) is 11.6. The van der Waals surface area contributed by atoms with Gasteiger partial charge in [-0.15, -0.1) is 0 Å². The van der Waals surface area contributed by atoms with Crippen LogP contribution in [0, 0.1) is 10.8 Å². The van der Waals surface area contributed by atoms with Gasteiger partial charge >= 0.3 is 0 Å². The zero-order valence-electron chi connectivity index (χ0n) is 25.0. The lowest BCUT2D eigenvalue weighted by Crippen LogP contribution is -2.42. The lowest BCUT2D eigenvalue weighted by Gasteiger charge is -2.24. The molecular weight excluding hydrogens is 603 g/mol. The van der Waals surface area contributed by atoms with Crippen LogP contribution in [0.3, 0.4) is 0 Å². The normalized spacial score (nSPS) is 20.8. The number of nitrogens with two attached hydrogens (primary N) is 1. The largest absolute Gasteiger partial charge is 0.352 e. The van der Waals surface area contributed by atoms with Crippen molar-refractivity contribution in [2.75, 3.05) is 63.4 Å². The fourth-order valence-electron chi connectivity index (χ4n) is 5.87. The minimum atomic E-state index is -0.378. The van der Waals surface area contributed by atoms with E-state index < -0.39 is 0 Å². The number of aromatic nitrogens is 6. The van der Waals surface area contributed by atoms with Crippen molar-refractivity contribution in [2.45, 2.75) is 31.1 Å². The molecule has 0 bridgehead atoms. The van der Waals surface area contributed by atoms with Crippen molar-refractivity contribution < 1.29 is 4.57 Å². The lowest BCUT2D eigenvalue weighted by molar-refractivity contribution is -0.500. The van der Waals surface area contributed by atoms with Gasteiger partial charge in [0.05, 0.1) is 16.4 Å². The van der Waals surface area contributed by atoms with E-state index in [1.807, 2.05) is 19.0 Å². The number of pyridine rings is 2. The van der Waals surface area contributed by atoms with Gasteiger partial charge in [-0.1, -0.05) is 23.2 Å². The maximum Gasteiger partial charge on any atom is 0.267 e. The number of hydrogen-bond donors (Lipinski definition) is 3. The quantitative estimate of drug-likeness (QED) is 0.156. The van der Waals surface area contributed by atoms with Crippen LogP contribution in [0.5, 0.6) is 0 Å². The molecule has 16 heteroatoms. The summed E-state index contributed by atoms with van der Waals surface area (Å²) in [5.74, 6) is 1.31. The first-order valence-corrected chi connectivity index (χ1v) is 15.0. The fourth-order valence-corrected chi connectivity index (χ4v) is 6.17. The fraction of sp³-hybridized carbons (Fsp3) is 0.429. The van der Waals surface area contributed by atoms with Crippen LogP contribution >= 0.6 is 23.2 Å². The maximum atomic E-state index is 9.19. The Morgan fingerprint density at radius 1 is 1.02 bits per heavy atom. The van der Waals surface area contributed by atoms with Gasteiger partial charge in [-0.05, 0) is 40.7 Å². The molecule has 2 aliphatic rings. The molecule has 0 amide bonds. The molecule has 4 aromatic heterocycles. The topological polar surface area (TPSA) is 159 Å². The summed E-state index contributed by atoms with van der Waals surface area (Å²) in [5.41, 5.74) is 8.81. The number of hydrogen-bond acceptors (Lipinski definition) is 12. The molecule has 230 valence electrons. The summed E-state index contributed by atoms with van der Waals surface area (Å²) in [6.07, 6.45) is 7.12. The highest BCUT2D eigenvalue weighted by Gasteiger charge is 2.37. The first-order chi connectivity index (χ1) is 21.0. The van der Waals surface area contributed by atoms with Crippen LogP contribution in [0.1, 0.15) is 12.8 Å². The Hall–Kier alpha value is -3.98. The summed E-state index contributed by atoms with van der Waals surface area (Å²) in [4.78, 5) is 32.0. The molecule has 4 N–H and O–H groups in total. The number of likely N-dealkylation sites (N-methyl/N-ethyl adjacent to an activating group) is 2. The first kappa shape index (κ1) is 30.1. The van der Waals surface area contributed by atoms with E-state index in [2.05, 4.69) is 38.8 Å². The van der Waals surface area contributed by atoms with E-state index in [9.17, 15) is 5.41 Å². The van der Waals surface area contributed by atoms with E-state index in [1.165, 1.54) is 10.8 Å². The van der Waals surface area contributed by atoms with Crippen molar-refractivity contribution in [2.24, 2.45) is 4.99 Å². The molecule has 6 heterocycles. The van der Waals surface area contributed by atoms with Crippen LogP contribution < -0.4 is 25.6 Å². The number of fused-ring (bicyclic) bond motifs is 2. The van der Waals surface area contributed by atoms with Crippen molar-refractivity contribution in [3.63, 3.8) is 0 Å². The lowest BCUT2D eigenvalue weighted by atomic mass is 10.2. The molecule has 1 unspecified atom stereocenters. The molecule has 0 spiro atoms. The molecule has 3 atom stereocenters. The summed E-state index contributed by atoms with van der Waals surface area (Å²) in [6.45, 7) is 2.15. The van der Waals surface area contributed by atoms with Crippen molar-refractivity contribution in [1.82, 2.24) is 34.3 Å². The Labute approximate surface area is 264 Å². The number of halogens is 2. The number of anilines is 3. The Kier molecular flexibility index (Phi) is 8.09. The van der Waals surface area contributed by atoms with Gasteiger partial charge in [0.2, 0.25) is 12.2 Å². The molecule has 0 radical (unpaired) electrons. The monoisotopic (exact) mass is 637 g/mol. The van der Waals surface area contributed by atoms with Gasteiger partial charge in [0.1, 0.15) is 11.7 Å². The zero-order chi connectivity index (χ0) is 31.3. The van der Waals surface area contributed by atoms with Crippen LogP contribution in [0.4, 0.5) is 17.5 Å². The maximum absolute atomic E-state index is 9.19. The standard InChI is InChI=1S/C28H34Cl2N14/c1-39(2)18-5-6-41(12-18)27-23(32)44(26-20(37-27)7-16(29)11-35-26)15-36-22-9-19(40(3)4)13-42(22)28-24(33)43(14-31)21-8-17(30)10-34-25(21)38-28/h7-8,10-11,14-15,18-19,22,31-33H,5-6,9,12-13H2,1-4H3/p+1/b31-14?,32-23?,36-15-/t18-,19-,22?/m1/s1. The highest BCUT2D eigenvalue weighted by Crippen LogP contribution is 2.31. The molecule has 4 aromatic rings. The van der Waals surface area contributed by atoms with Gasteiger partial charge in [0.15, 0.2) is 28.1 Å². The third-order valence-electron chi connectivity index (χ3n) is 8.42. The second-order valence-corrected chi connectivity index (χ2v) is 12.4. The van der Waals surface area contributed by atoms with E-state index in [4.69, 9.17) is 49.3 Å². The second kappa shape index (κ2) is 11.8. The Morgan fingerprint density at radius 3 is 2.45 bits per heavy atom. The van der Waals surface area contributed by atoms with Gasteiger partial charge in [0, 0.05) is 56.6 Å². The summed E-state index contributed by atoms with van der Waals surface area (Å²) in [7, 11) is 8.19. The van der Waals surface area contributed by atoms with Crippen LogP contribution in [-0.4, -0.2) is 113 Å². The highest BCUT2D eigenvalue weighted by molar-refractivity contribution is 6.31. The molecular formula is C28H35Cl2N14+. The van der Waals surface area contributed by atoms with Crippen molar-refractivity contribution >= 4 is 75.7 Å². The third kappa shape index (κ3) is 5.42. The van der Waals surface area contributed by atoms with E-state index in [0.29, 0.717) is 63.0 Å². The number of nitrogens with zero attached hydrogens (tertiary/aromatic N) is 11. The number of nitrogen functional groups attached to an aromatic ring is 1. The van der Waals surface area contributed by atoms with E-state index in [1.54, 1.807) is 29.2 Å². The minimum Gasteiger partial charge on any atom is -0.352 e. The van der Waals surface area contributed by atoms with Gasteiger partial charge in [-0.3, -0.25) is 9.98 Å². The van der Waals surface area contributed by atoms with Crippen molar-refractivity contribution in [3.05, 3.63) is 40.1 Å². The van der Waals surface area contributed by atoms with Crippen LogP contribution in [-0.2, 0) is 0 Å². The molecule has 44 heavy (non-hydrogen) atoms. The minimum absolute atomic E-state index is 0.148. The molecule has 6 rings (SSSR count). The molecule has 2 fully saturated rings. The van der Waals surface area contributed by atoms with Gasteiger partial charge < -0.3 is 25.3 Å². The summed E-state index contributed by atoms with van der Waals surface area (Å²) >= 11 is 12.5. The van der Waals surface area contributed by atoms with Gasteiger partial charge in [0.25, 0.3) is 5.82 Å². The predicted octanol–water partition coefficient (Wildman–Crippen LogP) is 1.67. The molecule has 14 nitrogen and oxygen atoms in total. The van der Waals surface area contributed by atoms with Crippen LogP contribution in [0.2, 0.25) is 10.0 Å². The molecule has 2 saturated heterocycles. The highest BCUT2D eigenvalue weighted by atomic mass is 35.5. The Balaban J connectivity index is 1.44. The van der Waals surface area contributed by atoms with E-state index >= 15 is 0 Å². The Bertz CT molecular complexity index is 1840. The number of nitrogens with one attached hydrogen (secondary N) is 2. The van der Waals surface area contributed by atoms with E-state index in [-0.39, 0.29) is 23.5 Å². The molecule has 0 saturated carbocycles. The van der Waals surface area contributed by atoms with Gasteiger partial charge in [-0.2, -0.15) is 9.98 Å². The average Bonchev–Trinajstić information content (AvgIpc) is 3.65. The van der Waals surface area contributed by atoms with Crippen LogP contribution in [0.15, 0.2) is 29.5 Å². The smallest absolute Gasteiger partial charge is 0.267 e. The number of aliphatic imine (C=N–C) groups is 1. The van der Waals surface area contributed by atoms with Gasteiger partial charge in [-0.25, -0.2) is 24.9 Å². The predicted molar refractivity (Wildman–Crippen MR) is 173 cm³/mol. The average molecular weight is 639 g/mol. The molecule has 0 aromatic carbocycles. The van der Waals surface area contributed by atoms with Crippen molar-refractivity contribution in [1.29, 1.82) is 10.8 Å². The SMILES string of the molecule is CN(C)[C@@H]1CCN(c2nc3cc(Cl)cnc3n(/C=N\C3C[C@@H](N(C)C)CN3c3nc4ncc(Cl)cc4[n+](C=N)c3N)c2=N)C1. The number of rotatable bonds is 7. The first-order valence-electron chi connectivity index (χ1n) is 14.2. The molecule has 0 aliphatic carbocycles. The van der Waals surface area contributed by atoms with Crippen LogP contribution in [0.25, 0.3) is 22.3 Å². The zero-order valence-corrected chi connectivity index (χ0v) is 26.5. The summed E-state index contributed by atoms with van der Waals surface area (Å²) in [5, 5.41) is 18.1. The Morgan fingerprint density at radius 2 is 1.75 bits per heavy atom. The summed E-state index contributed by atoms with van der Waals surface area (Å²) in [6, 6.07) is 3.96. The van der Waals surface area contributed by atoms with Crippen molar-refractivity contribution in [3.8, 4) is 0 Å². The van der Waals surface area contributed by atoms with E-state index in [0.717, 1.165) is 25.8 Å².